The molecule has 0 aliphatic carbocycles. The fraction of sp³-hybridized carbons (Fsp3) is 0.286. The molecule has 2 aromatic rings. The summed E-state index contributed by atoms with van der Waals surface area (Å²) in [4.78, 5) is 15.6. The highest BCUT2D eigenvalue weighted by molar-refractivity contribution is 7.93. The quantitative estimate of drug-likeness (QED) is 0.812. The number of carbonyl (C=O) groups is 1. The van der Waals surface area contributed by atoms with Gasteiger partial charge in [0.15, 0.2) is 5.13 Å². The second-order valence-electron chi connectivity index (χ2n) is 5.25. The standard InChI is InChI=1S/C14H12F3N3O4S2/c15-14(16,17)24-9-5-1-2-6-10(9)26(22,23)20-13-19-8-4-3-7-18-12(21)11(8)25-13/h1-2,5-6H,3-4,7H2,(H,18,21)(H,19,20). The van der Waals surface area contributed by atoms with Gasteiger partial charge in [-0.05, 0) is 25.0 Å². The molecule has 1 aromatic heterocycles. The molecule has 0 bridgehead atoms. The number of sulfonamides is 1. The van der Waals surface area contributed by atoms with Gasteiger partial charge in [0.05, 0.1) is 5.69 Å². The number of ether oxygens (including phenoxy) is 1. The van der Waals surface area contributed by atoms with Crippen molar-refractivity contribution in [2.45, 2.75) is 24.1 Å². The Morgan fingerprint density at radius 2 is 2.00 bits per heavy atom. The molecular weight excluding hydrogens is 395 g/mol. The number of hydrogen-bond donors (Lipinski definition) is 2. The summed E-state index contributed by atoms with van der Waals surface area (Å²) in [6.07, 6.45) is -3.90. The van der Waals surface area contributed by atoms with Crippen LogP contribution in [0.2, 0.25) is 0 Å². The summed E-state index contributed by atoms with van der Waals surface area (Å²) in [5.74, 6) is -1.22. The molecule has 26 heavy (non-hydrogen) atoms. The molecule has 1 aliphatic rings. The minimum atomic E-state index is -5.04. The molecule has 2 N–H and O–H groups in total. The highest BCUT2D eigenvalue weighted by Crippen LogP contribution is 2.32. The Morgan fingerprint density at radius 3 is 2.73 bits per heavy atom. The van der Waals surface area contributed by atoms with Crippen molar-refractivity contribution in [3.05, 3.63) is 34.8 Å². The lowest BCUT2D eigenvalue weighted by molar-refractivity contribution is -0.275. The molecule has 2 heterocycles. The summed E-state index contributed by atoms with van der Waals surface area (Å²) in [5.41, 5.74) is 0.447. The molecule has 1 amide bonds. The number of amides is 1. The van der Waals surface area contributed by atoms with Crippen molar-refractivity contribution in [3.8, 4) is 5.75 Å². The van der Waals surface area contributed by atoms with Gasteiger partial charge in [-0.1, -0.05) is 23.5 Å². The van der Waals surface area contributed by atoms with Gasteiger partial charge in [-0.2, -0.15) is 0 Å². The third-order valence-electron chi connectivity index (χ3n) is 3.37. The van der Waals surface area contributed by atoms with Gasteiger partial charge >= 0.3 is 6.36 Å². The van der Waals surface area contributed by atoms with Gasteiger partial charge < -0.3 is 10.1 Å². The predicted octanol–water partition coefficient (Wildman–Crippen LogP) is 2.52. The van der Waals surface area contributed by atoms with Crippen molar-refractivity contribution in [2.75, 3.05) is 11.3 Å². The van der Waals surface area contributed by atoms with E-state index in [0.29, 0.717) is 25.1 Å². The first-order chi connectivity index (χ1) is 12.2. The van der Waals surface area contributed by atoms with Crippen LogP contribution in [0.25, 0.3) is 0 Å². The van der Waals surface area contributed by atoms with Crippen molar-refractivity contribution >= 4 is 32.4 Å². The lowest BCUT2D eigenvalue weighted by atomic mass is 10.2. The molecule has 0 atom stereocenters. The summed E-state index contributed by atoms with van der Waals surface area (Å²) in [6.45, 7) is 0.491. The van der Waals surface area contributed by atoms with Crippen LogP contribution in [-0.4, -0.2) is 32.2 Å². The van der Waals surface area contributed by atoms with Gasteiger partial charge in [-0.25, -0.2) is 13.4 Å². The molecule has 12 heteroatoms. The van der Waals surface area contributed by atoms with Gasteiger partial charge in [0, 0.05) is 6.54 Å². The van der Waals surface area contributed by atoms with Crippen LogP contribution >= 0.6 is 11.3 Å². The number of rotatable bonds is 4. The number of hydrogen-bond acceptors (Lipinski definition) is 6. The summed E-state index contributed by atoms with van der Waals surface area (Å²) in [5, 5.41) is 2.55. The molecule has 3 rings (SSSR count). The Morgan fingerprint density at radius 1 is 1.27 bits per heavy atom. The number of halogens is 3. The molecule has 1 aromatic carbocycles. The molecule has 0 saturated heterocycles. The molecule has 7 nitrogen and oxygen atoms in total. The van der Waals surface area contributed by atoms with Crippen LogP contribution in [0, 0.1) is 0 Å². The largest absolute Gasteiger partial charge is 0.573 e. The smallest absolute Gasteiger partial charge is 0.404 e. The SMILES string of the molecule is O=C1NCCCc2nc(NS(=O)(=O)c3ccccc3OC(F)(F)F)sc21. The molecular formula is C14H12F3N3O4S2. The van der Waals surface area contributed by atoms with E-state index in [2.05, 4.69) is 19.8 Å². The Balaban J connectivity index is 1.91. The number of alkyl halides is 3. The normalized spacial score (nSPS) is 15.0. The van der Waals surface area contributed by atoms with Crippen molar-refractivity contribution in [2.24, 2.45) is 0 Å². The summed E-state index contributed by atoms with van der Waals surface area (Å²) < 4.78 is 68.3. The second-order valence-corrected chi connectivity index (χ2v) is 7.90. The van der Waals surface area contributed by atoms with E-state index in [1.807, 2.05) is 0 Å². The number of fused-ring (bicyclic) bond motifs is 1. The number of aromatic nitrogens is 1. The number of carbonyl (C=O) groups excluding carboxylic acids is 1. The van der Waals surface area contributed by atoms with Crippen LogP contribution in [0.5, 0.6) is 5.75 Å². The third-order valence-corrected chi connectivity index (χ3v) is 5.88. The van der Waals surface area contributed by atoms with E-state index in [9.17, 15) is 26.4 Å². The zero-order chi connectivity index (χ0) is 18.9. The number of benzene rings is 1. The number of para-hydroxylation sites is 1. The Kier molecular flexibility index (Phi) is 4.80. The first-order valence-corrected chi connectivity index (χ1v) is 9.61. The van der Waals surface area contributed by atoms with E-state index in [4.69, 9.17) is 0 Å². The minimum Gasteiger partial charge on any atom is -0.404 e. The van der Waals surface area contributed by atoms with E-state index in [1.54, 1.807) is 0 Å². The third kappa shape index (κ3) is 4.07. The molecule has 0 spiro atoms. The van der Waals surface area contributed by atoms with Gasteiger partial charge in [0.25, 0.3) is 15.9 Å². The zero-order valence-electron chi connectivity index (χ0n) is 13.0. The van der Waals surface area contributed by atoms with Crippen molar-refractivity contribution in [3.63, 3.8) is 0 Å². The Labute approximate surface area is 150 Å². The summed E-state index contributed by atoms with van der Waals surface area (Å²) in [6, 6.07) is 4.36. The highest BCUT2D eigenvalue weighted by Gasteiger charge is 2.34. The van der Waals surface area contributed by atoms with E-state index in [1.165, 1.54) is 12.1 Å². The first kappa shape index (κ1) is 18.5. The molecule has 1 aliphatic heterocycles. The number of anilines is 1. The van der Waals surface area contributed by atoms with Gasteiger partial charge in [-0.15, -0.1) is 13.2 Å². The zero-order valence-corrected chi connectivity index (χ0v) is 14.6. The molecule has 140 valence electrons. The second kappa shape index (κ2) is 6.76. The first-order valence-electron chi connectivity index (χ1n) is 7.31. The number of thiazole rings is 1. The minimum absolute atomic E-state index is 0.103. The number of aryl methyl sites for hydroxylation is 1. The van der Waals surface area contributed by atoms with E-state index in [0.717, 1.165) is 23.5 Å². The average molecular weight is 407 g/mol. The summed E-state index contributed by atoms with van der Waals surface area (Å²) in [7, 11) is -4.40. The molecule has 0 saturated carbocycles. The number of nitrogens with one attached hydrogen (secondary N) is 2. The van der Waals surface area contributed by atoms with Gasteiger partial charge in [0.1, 0.15) is 15.5 Å². The van der Waals surface area contributed by atoms with Crippen LogP contribution in [0.15, 0.2) is 29.2 Å². The predicted molar refractivity (Wildman–Crippen MR) is 86.7 cm³/mol. The topological polar surface area (TPSA) is 97.4 Å². The van der Waals surface area contributed by atoms with Crippen molar-refractivity contribution in [1.29, 1.82) is 0 Å². The van der Waals surface area contributed by atoms with Crippen LogP contribution in [-0.2, 0) is 16.4 Å². The molecule has 0 fully saturated rings. The lowest BCUT2D eigenvalue weighted by Crippen LogP contribution is -2.21. The number of nitrogens with zero attached hydrogens (tertiary/aromatic N) is 1. The van der Waals surface area contributed by atoms with Gasteiger partial charge in [0.2, 0.25) is 0 Å². The van der Waals surface area contributed by atoms with E-state index >= 15 is 0 Å². The fourth-order valence-corrected chi connectivity index (χ4v) is 4.62. The van der Waals surface area contributed by atoms with E-state index in [-0.39, 0.29) is 15.9 Å². The highest BCUT2D eigenvalue weighted by atomic mass is 32.2. The van der Waals surface area contributed by atoms with E-state index < -0.39 is 27.0 Å². The maximum Gasteiger partial charge on any atom is 0.573 e. The fourth-order valence-electron chi connectivity index (χ4n) is 2.33. The Bertz CT molecular complexity index is 941. The summed E-state index contributed by atoms with van der Waals surface area (Å²) >= 11 is 0.821. The van der Waals surface area contributed by atoms with Crippen LogP contribution in [0.1, 0.15) is 21.8 Å². The van der Waals surface area contributed by atoms with Crippen molar-refractivity contribution < 1.29 is 31.1 Å². The molecule has 0 unspecified atom stereocenters. The Hall–Kier alpha value is -2.34. The van der Waals surface area contributed by atoms with Crippen LogP contribution in [0.3, 0.4) is 0 Å². The maximum absolute atomic E-state index is 12.5. The average Bonchev–Trinajstić information content (AvgIpc) is 2.84. The van der Waals surface area contributed by atoms with Crippen molar-refractivity contribution in [1.82, 2.24) is 10.3 Å². The van der Waals surface area contributed by atoms with Gasteiger partial charge in [-0.3, -0.25) is 9.52 Å². The monoisotopic (exact) mass is 407 g/mol. The van der Waals surface area contributed by atoms with Crippen LogP contribution in [0.4, 0.5) is 18.3 Å². The lowest BCUT2D eigenvalue weighted by Gasteiger charge is -2.13. The van der Waals surface area contributed by atoms with Crippen LogP contribution < -0.4 is 14.8 Å². The maximum atomic E-state index is 12.5. The molecule has 0 radical (unpaired) electrons.